The highest BCUT2D eigenvalue weighted by Gasteiger charge is 2.52. The summed E-state index contributed by atoms with van der Waals surface area (Å²) in [5.41, 5.74) is 2.83. The summed E-state index contributed by atoms with van der Waals surface area (Å²) in [7, 11) is -4.01. The molecule has 0 N–H and O–H groups in total. The molecule has 0 fully saturated rings. The molecule has 0 amide bonds. The lowest BCUT2D eigenvalue weighted by Crippen LogP contribution is -2.57. The van der Waals surface area contributed by atoms with Gasteiger partial charge in [-0.25, -0.2) is 9.59 Å². The number of rotatable bonds is 18. The Labute approximate surface area is 239 Å². The summed E-state index contributed by atoms with van der Waals surface area (Å²) in [6.07, 6.45) is 8.65. The molecule has 0 aliphatic rings. The van der Waals surface area contributed by atoms with Gasteiger partial charge in [0.2, 0.25) is 0 Å². The Bertz CT molecular complexity index is 621. The van der Waals surface area contributed by atoms with E-state index in [1.54, 1.807) is 0 Å². The van der Waals surface area contributed by atoms with Crippen molar-refractivity contribution in [1.82, 2.24) is 0 Å². The predicted molar refractivity (Wildman–Crippen MR) is 170 cm³/mol. The van der Waals surface area contributed by atoms with Crippen LogP contribution in [0.1, 0.15) is 135 Å². The minimum absolute atomic E-state index is 0.0594. The van der Waals surface area contributed by atoms with Crippen LogP contribution in [-0.2, 0) is 19.1 Å². The van der Waals surface area contributed by atoms with Crippen molar-refractivity contribution in [3.8, 4) is 0 Å². The van der Waals surface area contributed by atoms with Crippen molar-refractivity contribution in [2.24, 2.45) is 0 Å². The van der Waals surface area contributed by atoms with Crippen molar-refractivity contribution in [1.29, 1.82) is 0 Å². The first kappa shape index (κ1) is 37.1. The maximum absolute atomic E-state index is 13.1. The first-order valence-corrected chi connectivity index (χ1v) is 20.3. The third-order valence-electron chi connectivity index (χ3n) is 9.63. The lowest BCUT2D eigenvalue weighted by Gasteiger charge is -2.48. The molecule has 0 aliphatic heterocycles. The molecular weight excluding hydrogens is 505 g/mol. The van der Waals surface area contributed by atoms with E-state index in [2.05, 4.69) is 96.9 Å². The Morgan fingerprint density at radius 1 is 0.526 bits per heavy atom. The second-order valence-corrected chi connectivity index (χ2v) is 25.6. The molecule has 0 saturated heterocycles. The van der Waals surface area contributed by atoms with Gasteiger partial charge in [0.15, 0.2) is 0 Å². The van der Waals surface area contributed by atoms with Crippen molar-refractivity contribution in [3.63, 3.8) is 0 Å². The average molecular weight is 569 g/mol. The van der Waals surface area contributed by atoms with E-state index in [4.69, 9.17) is 9.47 Å². The molecule has 0 saturated carbocycles. The maximum atomic E-state index is 13.1. The van der Waals surface area contributed by atoms with Gasteiger partial charge in [-0.3, -0.25) is 0 Å². The van der Waals surface area contributed by atoms with E-state index in [0.717, 1.165) is 38.5 Å². The van der Waals surface area contributed by atoms with Crippen LogP contribution in [0.15, 0.2) is 12.2 Å². The van der Waals surface area contributed by atoms with Crippen LogP contribution in [0.3, 0.4) is 0 Å². The fraction of sp³-hybridized carbons (Fsp3) is 0.875. The molecule has 0 heterocycles. The van der Waals surface area contributed by atoms with Crippen LogP contribution < -0.4 is 0 Å². The van der Waals surface area contributed by atoms with Crippen LogP contribution >= 0.6 is 0 Å². The van der Waals surface area contributed by atoms with E-state index >= 15 is 0 Å². The molecule has 38 heavy (non-hydrogen) atoms. The third-order valence-corrected chi connectivity index (χ3v) is 24.7. The Morgan fingerprint density at radius 3 is 0.947 bits per heavy atom. The van der Waals surface area contributed by atoms with Gasteiger partial charge in [0.05, 0.1) is 11.5 Å². The zero-order valence-corrected chi connectivity index (χ0v) is 29.6. The second-order valence-electron chi connectivity index (χ2n) is 13.4. The lowest BCUT2D eigenvalue weighted by molar-refractivity contribution is -0.143. The van der Waals surface area contributed by atoms with Gasteiger partial charge in [-0.2, -0.15) is 0 Å². The number of carbonyl (C=O) groups is 2. The Morgan fingerprint density at radius 2 is 0.763 bits per heavy atom. The summed E-state index contributed by atoms with van der Waals surface area (Å²) < 4.78 is 12.5. The lowest BCUT2D eigenvalue weighted by atomic mass is 10.2. The Hall–Kier alpha value is -0.886. The van der Waals surface area contributed by atoms with Crippen molar-refractivity contribution < 1.29 is 19.1 Å². The van der Waals surface area contributed by atoms with Crippen LogP contribution in [-0.4, -0.2) is 39.5 Å². The summed E-state index contributed by atoms with van der Waals surface area (Å²) in [6.45, 7) is 32.0. The smallest absolute Gasteiger partial charge is 0.330 e. The number of esters is 2. The normalized spacial score (nSPS) is 14.9. The molecule has 0 aromatic heterocycles. The minimum Gasteiger partial charge on any atom is -0.463 e. The summed E-state index contributed by atoms with van der Waals surface area (Å²) in [4.78, 5) is 26.3. The van der Waals surface area contributed by atoms with Crippen molar-refractivity contribution >= 4 is 28.1 Å². The van der Waals surface area contributed by atoms with Gasteiger partial charge in [0, 0.05) is 12.2 Å². The van der Waals surface area contributed by atoms with Gasteiger partial charge in [-0.05, 0) is 46.1 Å². The van der Waals surface area contributed by atoms with E-state index < -0.39 is 28.1 Å². The third kappa shape index (κ3) is 8.81. The molecular formula is C32H64O4Si2. The predicted octanol–water partition coefficient (Wildman–Crippen LogP) is 10.2. The molecule has 2 unspecified atom stereocenters. The minimum atomic E-state index is -2.00. The van der Waals surface area contributed by atoms with Gasteiger partial charge in [0.25, 0.3) is 0 Å². The van der Waals surface area contributed by atoms with Crippen LogP contribution in [0.25, 0.3) is 0 Å². The number of hydrogen-bond donors (Lipinski definition) is 0. The number of carbonyl (C=O) groups excluding carboxylic acids is 2. The SMILES string of the molecule is CCCCC(OC(=O)/C=C\C(=O)OC(CCCC)[Si](C(C)C)(C(C)C)C(C)C)[Si](C(C)C)(C(C)C)C(C)C. The highest BCUT2D eigenvalue weighted by molar-refractivity contribution is 6.85. The van der Waals surface area contributed by atoms with Gasteiger partial charge in [0.1, 0.15) is 16.1 Å². The number of unbranched alkanes of at least 4 members (excludes halogenated alkanes) is 2. The van der Waals surface area contributed by atoms with E-state index in [1.165, 1.54) is 12.2 Å². The summed E-state index contributed by atoms with van der Waals surface area (Å²) >= 11 is 0. The number of hydrogen-bond acceptors (Lipinski definition) is 4. The van der Waals surface area contributed by atoms with Crippen LogP contribution in [0.4, 0.5) is 0 Å². The summed E-state index contributed by atoms with van der Waals surface area (Å²) in [5, 5.41) is 0. The fourth-order valence-corrected chi connectivity index (χ4v) is 22.8. The van der Waals surface area contributed by atoms with E-state index in [1.807, 2.05) is 0 Å². The van der Waals surface area contributed by atoms with Crippen molar-refractivity contribution in [3.05, 3.63) is 12.2 Å². The molecule has 0 spiro atoms. The Balaban J connectivity index is 6.01. The summed E-state index contributed by atoms with van der Waals surface area (Å²) in [5.74, 6) is -0.820. The molecule has 0 aliphatic carbocycles. The van der Waals surface area contributed by atoms with E-state index in [0.29, 0.717) is 33.2 Å². The van der Waals surface area contributed by atoms with Crippen LogP contribution in [0, 0.1) is 0 Å². The average Bonchev–Trinajstić information content (AvgIpc) is 2.78. The zero-order valence-electron chi connectivity index (χ0n) is 27.6. The molecule has 0 radical (unpaired) electrons. The molecule has 2 atom stereocenters. The fourth-order valence-electron chi connectivity index (χ4n) is 8.33. The highest BCUT2D eigenvalue weighted by atomic mass is 28.3. The van der Waals surface area contributed by atoms with Gasteiger partial charge >= 0.3 is 11.9 Å². The molecule has 0 rings (SSSR count). The van der Waals surface area contributed by atoms with Crippen LogP contribution in [0.5, 0.6) is 0 Å². The first-order chi connectivity index (χ1) is 17.6. The number of ether oxygens (including phenoxy) is 2. The van der Waals surface area contributed by atoms with Crippen molar-refractivity contribution in [2.75, 3.05) is 0 Å². The van der Waals surface area contributed by atoms with E-state index in [9.17, 15) is 9.59 Å². The topological polar surface area (TPSA) is 52.6 Å². The molecule has 4 nitrogen and oxygen atoms in total. The zero-order chi connectivity index (χ0) is 29.8. The van der Waals surface area contributed by atoms with Crippen molar-refractivity contribution in [2.45, 2.75) is 180 Å². The quantitative estimate of drug-likeness (QED) is 0.0937. The maximum Gasteiger partial charge on any atom is 0.330 e. The standard InChI is InChI=1S/C32H64O4Si2/c1-15-17-19-31(37(23(3)4,24(5)6)25(7)8)35-29(33)21-22-30(34)36-32(20-18-16-2)38(26(9)10,27(11)12)28(13)14/h21-28,31-32H,15-20H2,1-14H3/b22-21-. The molecule has 0 aromatic rings. The Kier molecular flexibility index (Phi) is 16.6. The van der Waals surface area contributed by atoms with Gasteiger partial charge in [-0.15, -0.1) is 0 Å². The highest BCUT2D eigenvalue weighted by Crippen LogP contribution is 2.47. The van der Waals surface area contributed by atoms with E-state index in [-0.39, 0.29) is 11.5 Å². The van der Waals surface area contributed by atoms with Gasteiger partial charge < -0.3 is 9.47 Å². The molecule has 0 bridgehead atoms. The first-order valence-electron chi connectivity index (χ1n) is 15.7. The molecule has 224 valence electrons. The monoisotopic (exact) mass is 568 g/mol. The van der Waals surface area contributed by atoms with Gasteiger partial charge in [-0.1, -0.05) is 123 Å². The largest absolute Gasteiger partial charge is 0.463 e. The summed E-state index contributed by atoms with van der Waals surface area (Å²) in [6, 6.07) is 0. The van der Waals surface area contributed by atoms with Crippen LogP contribution in [0.2, 0.25) is 33.2 Å². The molecule has 6 heteroatoms. The second kappa shape index (κ2) is 17.0. The molecule has 0 aromatic carbocycles.